The summed E-state index contributed by atoms with van der Waals surface area (Å²) in [6.45, 7) is 5.80. The average molecular weight is 545 g/mol. The first-order valence-corrected chi connectivity index (χ1v) is 14.5. The van der Waals surface area contributed by atoms with Gasteiger partial charge in [-0.25, -0.2) is 9.59 Å². The standard InChI is InChI=1S/C32H48O7/c1-4-5-6-7-8-9-10-11-12-13-14-15-16-17-18-23-30(33)39-27(24-37-26(2)3)25-38-32(36)29-22-20-19-21-28(29)31(34)35/h8-9,11-12,19-22,26-27H,4-7,10,13-18,23-25H2,1-3H3,(H,34,35)/b9-8-,12-11-. The van der Waals surface area contributed by atoms with Crippen LogP contribution in [0.3, 0.4) is 0 Å². The number of allylic oxidation sites excluding steroid dienone is 4. The second-order valence-electron chi connectivity index (χ2n) is 9.92. The molecule has 0 spiro atoms. The Balaban J connectivity index is 2.28. The number of carboxylic acids is 1. The first-order chi connectivity index (χ1) is 18.8. The van der Waals surface area contributed by atoms with Gasteiger partial charge in [0.2, 0.25) is 0 Å². The Morgan fingerprint density at radius 1 is 0.821 bits per heavy atom. The van der Waals surface area contributed by atoms with Gasteiger partial charge in [-0.2, -0.15) is 0 Å². The Bertz CT molecular complexity index is 888. The van der Waals surface area contributed by atoms with Crippen LogP contribution in [-0.2, 0) is 19.0 Å². The van der Waals surface area contributed by atoms with Crippen LogP contribution in [0.4, 0.5) is 0 Å². The van der Waals surface area contributed by atoms with Crippen molar-refractivity contribution in [2.45, 2.75) is 110 Å². The molecule has 0 aliphatic rings. The molecular formula is C32H48O7. The summed E-state index contributed by atoms with van der Waals surface area (Å²) < 4.78 is 16.4. The predicted octanol–water partition coefficient (Wildman–Crippen LogP) is 7.69. The largest absolute Gasteiger partial charge is 0.478 e. The molecule has 7 heteroatoms. The highest BCUT2D eigenvalue weighted by Crippen LogP contribution is 2.13. The van der Waals surface area contributed by atoms with Gasteiger partial charge in [-0.15, -0.1) is 0 Å². The van der Waals surface area contributed by atoms with Crippen molar-refractivity contribution in [1.29, 1.82) is 0 Å². The average Bonchev–Trinajstić information content (AvgIpc) is 2.92. The van der Waals surface area contributed by atoms with Gasteiger partial charge in [0.05, 0.1) is 23.8 Å². The monoisotopic (exact) mass is 544 g/mol. The molecule has 0 saturated carbocycles. The summed E-state index contributed by atoms with van der Waals surface area (Å²) in [4.78, 5) is 36.2. The molecule has 0 aliphatic carbocycles. The molecule has 218 valence electrons. The number of unbranched alkanes of at least 4 members (excludes halogenated alkanes) is 8. The highest BCUT2D eigenvalue weighted by molar-refractivity contribution is 6.02. The van der Waals surface area contributed by atoms with Crippen LogP contribution in [0.15, 0.2) is 48.6 Å². The van der Waals surface area contributed by atoms with E-state index in [1.807, 2.05) is 13.8 Å². The molecule has 0 radical (unpaired) electrons. The molecule has 1 N–H and O–H groups in total. The van der Waals surface area contributed by atoms with Crippen molar-refractivity contribution in [2.24, 2.45) is 0 Å². The second kappa shape index (κ2) is 21.9. The summed E-state index contributed by atoms with van der Waals surface area (Å²) in [7, 11) is 0. The van der Waals surface area contributed by atoms with Crippen LogP contribution in [0, 0.1) is 0 Å². The zero-order chi connectivity index (χ0) is 28.7. The molecule has 39 heavy (non-hydrogen) atoms. The number of benzene rings is 1. The topological polar surface area (TPSA) is 99.1 Å². The Morgan fingerprint density at radius 3 is 2.08 bits per heavy atom. The zero-order valence-electron chi connectivity index (χ0n) is 24.1. The minimum Gasteiger partial charge on any atom is -0.478 e. The Morgan fingerprint density at radius 2 is 1.44 bits per heavy atom. The van der Waals surface area contributed by atoms with Gasteiger partial charge in [0, 0.05) is 6.42 Å². The van der Waals surface area contributed by atoms with Crippen molar-refractivity contribution in [1.82, 2.24) is 0 Å². The van der Waals surface area contributed by atoms with E-state index < -0.39 is 18.0 Å². The fourth-order valence-corrected chi connectivity index (χ4v) is 3.84. The molecule has 0 saturated heterocycles. The second-order valence-corrected chi connectivity index (χ2v) is 9.92. The third-order valence-electron chi connectivity index (χ3n) is 6.02. The molecule has 1 aromatic rings. The summed E-state index contributed by atoms with van der Waals surface area (Å²) in [5.41, 5.74) is -0.194. The SMILES string of the molecule is CCCCC/C=C\C/C=C\CCCCCCCC(=O)OC(COC(=O)c1ccccc1C(=O)O)COC(C)C. The number of hydrogen-bond donors (Lipinski definition) is 1. The summed E-state index contributed by atoms with van der Waals surface area (Å²) in [5, 5.41) is 9.28. The van der Waals surface area contributed by atoms with E-state index in [0.717, 1.165) is 44.9 Å². The molecular weight excluding hydrogens is 496 g/mol. The number of ether oxygens (including phenoxy) is 3. The number of hydrogen-bond acceptors (Lipinski definition) is 6. The fourth-order valence-electron chi connectivity index (χ4n) is 3.84. The Labute approximate surface area is 234 Å². The van der Waals surface area contributed by atoms with Crippen molar-refractivity contribution in [2.75, 3.05) is 13.2 Å². The maximum Gasteiger partial charge on any atom is 0.339 e. The van der Waals surface area contributed by atoms with Crippen molar-refractivity contribution >= 4 is 17.9 Å². The molecule has 0 fully saturated rings. The van der Waals surface area contributed by atoms with Crippen molar-refractivity contribution in [3.05, 3.63) is 59.7 Å². The maximum atomic E-state index is 12.5. The van der Waals surface area contributed by atoms with Crippen LogP contribution in [0.5, 0.6) is 0 Å². The Hall–Kier alpha value is -2.93. The first kappa shape index (κ1) is 34.1. The lowest BCUT2D eigenvalue weighted by molar-refractivity contribution is -0.156. The van der Waals surface area contributed by atoms with Crippen molar-refractivity contribution in [3.8, 4) is 0 Å². The highest BCUT2D eigenvalue weighted by Gasteiger charge is 2.21. The molecule has 0 aliphatic heterocycles. The lowest BCUT2D eigenvalue weighted by atomic mass is 10.1. The first-order valence-electron chi connectivity index (χ1n) is 14.5. The normalized spacial score (nSPS) is 12.3. The van der Waals surface area contributed by atoms with Crippen molar-refractivity contribution in [3.63, 3.8) is 0 Å². The van der Waals surface area contributed by atoms with Gasteiger partial charge in [0.1, 0.15) is 6.61 Å². The van der Waals surface area contributed by atoms with Gasteiger partial charge < -0.3 is 19.3 Å². The highest BCUT2D eigenvalue weighted by atomic mass is 16.6. The van der Waals surface area contributed by atoms with Gasteiger partial charge in [-0.05, 0) is 64.5 Å². The lowest BCUT2D eigenvalue weighted by Crippen LogP contribution is -2.31. The number of carboxylic acid groups (broad SMARTS) is 1. The van der Waals surface area contributed by atoms with E-state index in [0.29, 0.717) is 6.42 Å². The minimum absolute atomic E-state index is 0.0509. The van der Waals surface area contributed by atoms with Gasteiger partial charge >= 0.3 is 17.9 Å². The molecule has 1 unspecified atom stereocenters. The van der Waals surface area contributed by atoms with Crippen molar-refractivity contribution < 1.29 is 33.7 Å². The van der Waals surface area contributed by atoms with E-state index >= 15 is 0 Å². The Kier molecular flexibility index (Phi) is 19.2. The van der Waals surface area contributed by atoms with Gasteiger partial charge in [0.15, 0.2) is 6.10 Å². The summed E-state index contributed by atoms with van der Waals surface area (Å²) in [6, 6.07) is 5.83. The van der Waals surface area contributed by atoms with Crippen LogP contribution in [0.2, 0.25) is 0 Å². The fraction of sp³-hybridized carbons (Fsp3) is 0.594. The van der Waals surface area contributed by atoms with Crippen LogP contribution in [0.25, 0.3) is 0 Å². The molecule has 1 aromatic carbocycles. The third-order valence-corrected chi connectivity index (χ3v) is 6.02. The lowest BCUT2D eigenvalue weighted by Gasteiger charge is -2.19. The number of aromatic carboxylic acids is 1. The smallest absolute Gasteiger partial charge is 0.339 e. The zero-order valence-corrected chi connectivity index (χ0v) is 24.1. The summed E-state index contributed by atoms with van der Waals surface area (Å²) in [6.07, 6.45) is 20.6. The molecule has 1 atom stereocenters. The van der Waals surface area contributed by atoms with E-state index in [-0.39, 0.29) is 36.4 Å². The van der Waals surface area contributed by atoms with Gasteiger partial charge in [-0.3, -0.25) is 4.79 Å². The summed E-state index contributed by atoms with van der Waals surface area (Å²) >= 11 is 0. The third kappa shape index (κ3) is 17.3. The summed E-state index contributed by atoms with van der Waals surface area (Å²) in [5.74, 6) is -2.36. The minimum atomic E-state index is -1.22. The number of carbonyl (C=O) groups excluding carboxylic acids is 2. The molecule has 0 amide bonds. The maximum absolute atomic E-state index is 12.5. The van der Waals surface area contributed by atoms with E-state index in [1.54, 1.807) is 6.07 Å². The van der Waals surface area contributed by atoms with E-state index in [4.69, 9.17) is 14.2 Å². The van der Waals surface area contributed by atoms with E-state index in [2.05, 4.69) is 31.2 Å². The number of esters is 2. The van der Waals surface area contributed by atoms with Gasteiger partial charge in [-0.1, -0.05) is 75.5 Å². The van der Waals surface area contributed by atoms with E-state index in [9.17, 15) is 19.5 Å². The van der Waals surface area contributed by atoms with Crippen LogP contribution in [-0.4, -0.2) is 48.4 Å². The molecule has 7 nitrogen and oxygen atoms in total. The number of rotatable bonds is 22. The molecule has 0 bridgehead atoms. The van der Waals surface area contributed by atoms with E-state index in [1.165, 1.54) is 43.9 Å². The van der Waals surface area contributed by atoms with Crippen LogP contribution >= 0.6 is 0 Å². The van der Waals surface area contributed by atoms with Gasteiger partial charge in [0.25, 0.3) is 0 Å². The quantitative estimate of drug-likeness (QED) is 0.0907. The predicted molar refractivity (Wildman–Crippen MR) is 154 cm³/mol. The van der Waals surface area contributed by atoms with Crippen LogP contribution in [0.1, 0.15) is 119 Å². The number of carbonyl (C=O) groups is 3. The molecule has 0 heterocycles. The molecule has 0 aromatic heterocycles. The molecule has 1 rings (SSSR count). The van der Waals surface area contributed by atoms with Crippen LogP contribution < -0.4 is 0 Å².